The van der Waals surface area contributed by atoms with E-state index in [0.29, 0.717) is 10.8 Å². The largest absolute Gasteiger partial charge is 0.443 e. The maximum atomic E-state index is 12.5. The normalized spacial score (nSPS) is 13.4. The Labute approximate surface area is 243 Å². The minimum Gasteiger partial charge on any atom is -0.443 e. The molecule has 5 heteroatoms. The lowest BCUT2D eigenvalue weighted by Gasteiger charge is -2.26. The fourth-order valence-electron chi connectivity index (χ4n) is 6.00. The van der Waals surface area contributed by atoms with Crippen LogP contribution in [0.25, 0.3) is 33.2 Å². The van der Waals surface area contributed by atoms with Gasteiger partial charge < -0.3 is 4.74 Å². The van der Waals surface area contributed by atoms with Crippen molar-refractivity contribution in [3.63, 3.8) is 0 Å². The summed E-state index contributed by atoms with van der Waals surface area (Å²) in [5.74, 6) is 0. The molecular weight excluding hydrogens is 526 g/mol. The van der Waals surface area contributed by atoms with Crippen LogP contribution >= 0.6 is 11.3 Å². The number of thiophene rings is 1. The molecule has 0 spiro atoms. The number of nitrogens with zero attached hydrogens (tertiary/aromatic N) is 1. The Hall–Kier alpha value is -4.45. The van der Waals surface area contributed by atoms with E-state index in [1.807, 2.05) is 48.5 Å². The number of hydroxylamine groups is 1. The summed E-state index contributed by atoms with van der Waals surface area (Å²) < 4.78 is 5.29. The molecule has 5 aromatic rings. The van der Waals surface area contributed by atoms with Crippen molar-refractivity contribution < 1.29 is 14.7 Å². The lowest BCUT2D eigenvalue weighted by Crippen LogP contribution is -2.27. The van der Waals surface area contributed by atoms with Gasteiger partial charge in [0.1, 0.15) is 6.61 Å². The fraction of sp³-hybridized carbons (Fsp3) is 0.139. The van der Waals surface area contributed by atoms with Gasteiger partial charge in [0.2, 0.25) is 0 Å². The molecule has 0 aliphatic heterocycles. The molecule has 1 heterocycles. The zero-order valence-corrected chi connectivity index (χ0v) is 23.4. The first kappa shape index (κ1) is 25.5. The first-order chi connectivity index (χ1) is 20.1. The Kier molecular flexibility index (Phi) is 6.75. The Morgan fingerprint density at radius 1 is 0.756 bits per heavy atom. The third-order valence-electron chi connectivity index (χ3n) is 8.07. The number of ether oxygens (including phenoxy) is 1. The van der Waals surface area contributed by atoms with Crippen molar-refractivity contribution in [2.75, 3.05) is 5.06 Å². The number of aryl methyl sites for hydroxylation is 1. The number of fused-ring (bicyclic) bond motifs is 5. The molecule has 41 heavy (non-hydrogen) atoms. The molecule has 0 fully saturated rings. The van der Waals surface area contributed by atoms with E-state index < -0.39 is 6.09 Å². The summed E-state index contributed by atoms with van der Waals surface area (Å²) in [4.78, 5) is 14.8. The SMILES string of the molecule is O=C(OCc1ccccc1)N(O)c1cccc(-c2ccc(C3=Cc4ccc5c(c4CC3)CCc3ccccc3-5)s2)c1. The van der Waals surface area contributed by atoms with Gasteiger partial charge in [-0.25, -0.2) is 4.79 Å². The van der Waals surface area contributed by atoms with Crippen LogP contribution in [0.3, 0.4) is 0 Å². The van der Waals surface area contributed by atoms with Crippen molar-refractivity contribution in [2.24, 2.45) is 0 Å². The Morgan fingerprint density at radius 2 is 1.56 bits per heavy atom. The van der Waals surface area contributed by atoms with Crippen LogP contribution in [0.5, 0.6) is 0 Å². The molecule has 0 saturated heterocycles. The highest BCUT2D eigenvalue weighted by Crippen LogP contribution is 2.42. The minimum atomic E-state index is -0.811. The molecule has 0 bridgehead atoms. The minimum absolute atomic E-state index is 0.0963. The lowest BCUT2D eigenvalue weighted by molar-refractivity contribution is 0.115. The van der Waals surface area contributed by atoms with E-state index in [2.05, 4.69) is 54.6 Å². The standard InChI is InChI=1S/C36H29NO3S/c38-36(40-23-24-7-2-1-3-8-24)37(39)29-11-6-10-27(22-29)34-19-20-35(41-34)28-15-16-31-26(21-28)14-18-32-30-12-5-4-9-25(30)13-17-33(31)32/h1-12,14,18-22,39H,13,15-17,23H2. The van der Waals surface area contributed by atoms with Crippen LogP contribution in [-0.4, -0.2) is 11.3 Å². The number of benzene rings is 4. The van der Waals surface area contributed by atoms with E-state index in [9.17, 15) is 10.0 Å². The highest BCUT2D eigenvalue weighted by molar-refractivity contribution is 7.16. The molecule has 1 aromatic heterocycles. The van der Waals surface area contributed by atoms with Gasteiger partial charge in [-0.15, -0.1) is 11.3 Å². The van der Waals surface area contributed by atoms with Gasteiger partial charge in [-0.2, -0.15) is 5.06 Å². The number of anilines is 1. The number of hydrogen-bond acceptors (Lipinski definition) is 4. The van der Waals surface area contributed by atoms with E-state index in [4.69, 9.17) is 4.74 Å². The third-order valence-corrected chi connectivity index (χ3v) is 9.28. The van der Waals surface area contributed by atoms with Crippen LogP contribution in [0, 0.1) is 0 Å². The number of amides is 1. The van der Waals surface area contributed by atoms with Crippen molar-refractivity contribution >= 4 is 34.8 Å². The molecule has 0 saturated carbocycles. The number of allylic oxidation sites excluding steroid dienone is 1. The van der Waals surface area contributed by atoms with Crippen LogP contribution in [0.2, 0.25) is 0 Å². The second-order valence-corrected chi connectivity index (χ2v) is 11.6. The average Bonchev–Trinajstić information content (AvgIpc) is 3.54. The molecule has 0 unspecified atom stereocenters. The Morgan fingerprint density at radius 3 is 2.46 bits per heavy atom. The summed E-state index contributed by atoms with van der Waals surface area (Å²) in [6.07, 6.45) is 5.85. The molecule has 1 N–H and O–H groups in total. The van der Waals surface area contributed by atoms with Crippen LogP contribution in [0.1, 0.15) is 39.1 Å². The van der Waals surface area contributed by atoms with Gasteiger partial charge in [-0.1, -0.05) is 84.9 Å². The smallest absolute Gasteiger partial charge is 0.438 e. The van der Waals surface area contributed by atoms with Gasteiger partial charge in [-0.3, -0.25) is 5.21 Å². The molecule has 7 rings (SSSR count). The summed E-state index contributed by atoms with van der Waals surface area (Å²) in [5.41, 5.74) is 12.1. The van der Waals surface area contributed by atoms with Crippen LogP contribution in [0.15, 0.2) is 103 Å². The summed E-state index contributed by atoms with van der Waals surface area (Å²) >= 11 is 1.74. The van der Waals surface area contributed by atoms with Gasteiger partial charge >= 0.3 is 6.09 Å². The van der Waals surface area contributed by atoms with E-state index in [1.54, 1.807) is 17.4 Å². The molecule has 202 valence electrons. The monoisotopic (exact) mass is 555 g/mol. The predicted molar refractivity (Wildman–Crippen MR) is 166 cm³/mol. The summed E-state index contributed by atoms with van der Waals surface area (Å²) in [6, 6.07) is 34.5. The molecule has 0 radical (unpaired) electrons. The summed E-state index contributed by atoms with van der Waals surface area (Å²) in [7, 11) is 0. The maximum absolute atomic E-state index is 12.5. The van der Waals surface area contributed by atoms with Crippen molar-refractivity contribution in [2.45, 2.75) is 32.3 Å². The van der Waals surface area contributed by atoms with Gasteiger partial charge in [0.05, 0.1) is 5.69 Å². The summed E-state index contributed by atoms with van der Waals surface area (Å²) in [5, 5.41) is 11.1. The molecule has 0 atom stereocenters. The van der Waals surface area contributed by atoms with Gasteiger partial charge in [-0.05, 0) is 100 Å². The van der Waals surface area contributed by atoms with Crippen molar-refractivity contribution in [1.82, 2.24) is 0 Å². The Balaban J connectivity index is 1.10. The summed E-state index contributed by atoms with van der Waals surface area (Å²) in [6.45, 7) is 0.0963. The first-order valence-electron chi connectivity index (χ1n) is 14.0. The highest BCUT2D eigenvalue weighted by Gasteiger charge is 2.23. The van der Waals surface area contributed by atoms with E-state index >= 15 is 0 Å². The molecule has 2 aliphatic carbocycles. The van der Waals surface area contributed by atoms with Crippen LogP contribution < -0.4 is 5.06 Å². The molecular formula is C36H29NO3S. The van der Waals surface area contributed by atoms with Crippen LogP contribution in [-0.2, 0) is 30.6 Å². The number of carbonyl (C=O) groups is 1. The zero-order valence-electron chi connectivity index (χ0n) is 22.5. The van der Waals surface area contributed by atoms with Crippen molar-refractivity contribution in [1.29, 1.82) is 0 Å². The van der Waals surface area contributed by atoms with Gasteiger partial charge in [0.25, 0.3) is 0 Å². The highest BCUT2D eigenvalue weighted by atomic mass is 32.1. The third kappa shape index (κ3) is 4.99. The maximum Gasteiger partial charge on any atom is 0.438 e. The van der Waals surface area contributed by atoms with E-state index in [0.717, 1.165) is 41.7 Å². The van der Waals surface area contributed by atoms with Gasteiger partial charge in [0.15, 0.2) is 0 Å². The Bertz CT molecular complexity index is 1790. The predicted octanol–water partition coefficient (Wildman–Crippen LogP) is 9.20. The molecule has 4 aromatic carbocycles. The average molecular weight is 556 g/mol. The fourth-order valence-corrected chi connectivity index (χ4v) is 7.04. The molecule has 1 amide bonds. The second-order valence-electron chi connectivity index (χ2n) is 10.6. The molecule has 4 nitrogen and oxygen atoms in total. The first-order valence-corrected chi connectivity index (χ1v) is 14.8. The molecule has 2 aliphatic rings. The van der Waals surface area contributed by atoms with E-state index in [1.165, 1.54) is 43.8 Å². The van der Waals surface area contributed by atoms with Crippen LogP contribution in [0.4, 0.5) is 10.5 Å². The number of carbonyl (C=O) groups excluding carboxylic acids is 1. The lowest BCUT2D eigenvalue weighted by atomic mass is 9.78. The van der Waals surface area contributed by atoms with Gasteiger partial charge in [0, 0.05) is 9.75 Å². The zero-order chi connectivity index (χ0) is 27.8. The number of hydrogen-bond donors (Lipinski definition) is 1. The van der Waals surface area contributed by atoms with E-state index in [-0.39, 0.29) is 6.61 Å². The quantitative estimate of drug-likeness (QED) is 0.174. The van der Waals surface area contributed by atoms with Crippen molar-refractivity contribution in [3.8, 4) is 21.6 Å². The van der Waals surface area contributed by atoms with Crippen molar-refractivity contribution in [3.05, 3.63) is 136 Å². The second kappa shape index (κ2) is 10.8. The topological polar surface area (TPSA) is 49.8 Å². The number of rotatable bonds is 5.